The van der Waals surface area contributed by atoms with E-state index in [0.717, 1.165) is 16.8 Å². The molecule has 0 unspecified atom stereocenters. The summed E-state index contributed by atoms with van der Waals surface area (Å²) in [4.78, 5) is 13.6. The third-order valence-electron chi connectivity index (χ3n) is 2.86. The second-order valence-corrected chi connectivity index (χ2v) is 4.08. The smallest absolute Gasteiger partial charge is 0.231 e. The molecule has 17 heavy (non-hydrogen) atoms. The van der Waals surface area contributed by atoms with Crippen LogP contribution in [-0.4, -0.2) is 11.1 Å². The zero-order valence-electron chi connectivity index (χ0n) is 9.09. The molecule has 2 heterocycles. The number of benzene rings is 1. The van der Waals surface area contributed by atoms with Gasteiger partial charge in [0.2, 0.25) is 5.91 Å². The predicted molar refractivity (Wildman–Crippen MR) is 62.3 cm³/mol. The average molecular weight is 229 g/mol. The van der Waals surface area contributed by atoms with Crippen LogP contribution in [-0.2, 0) is 17.8 Å². The van der Waals surface area contributed by atoms with E-state index in [1.807, 2.05) is 12.1 Å². The van der Waals surface area contributed by atoms with Crippen LogP contribution in [0.1, 0.15) is 11.1 Å². The first kappa shape index (κ1) is 9.89. The van der Waals surface area contributed by atoms with Crippen LogP contribution in [0.25, 0.3) is 0 Å². The van der Waals surface area contributed by atoms with Gasteiger partial charge < -0.3 is 15.2 Å². The highest BCUT2D eigenvalue weighted by Gasteiger charge is 2.27. The molecule has 5 nitrogen and oxygen atoms in total. The zero-order valence-corrected chi connectivity index (χ0v) is 9.09. The van der Waals surface area contributed by atoms with E-state index < -0.39 is 0 Å². The van der Waals surface area contributed by atoms with E-state index in [2.05, 4.69) is 5.16 Å². The Morgan fingerprint density at radius 1 is 1.47 bits per heavy atom. The molecular formula is C12H11N3O2. The summed E-state index contributed by atoms with van der Waals surface area (Å²) in [6.45, 7) is 0.485. The molecule has 0 atom stereocenters. The Bertz CT molecular complexity index is 563. The molecule has 0 fully saturated rings. The Balaban J connectivity index is 1.94. The van der Waals surface area contributed by atoms with Gasteiger partial charge in [-0.05, 0) is 23.8 Å². The molecule has 0 aliphatic carbocycles. The summed E-state index contributed by atoms with van der Waals surface area (Å²) < 4.78 is 4.76. The predicted octanol–water partition coefficient (Wildman–Crippen LogP) is 1.35. The van der Waals surface area contributed by atoms with E-state index >= 15 is 0 Å². The Kier molecular flexibility index (Phi) is 2.11. The number of nitrogens with zero attached hydrogens (tertiary/aromatic N) is 2. The number of rotatable bonds is 2. The molecule has 0 saturated carbocycles. The van der Waals surface area contributed by atoms with Gasteiger partial charge in [0.05, 0.1) is 19.2 Å². The first-order valence-electron chi connectivity index (χ1n) is 5.31. The lowest BCUT2D eigenvalue weighted by Crippen LogP contribution is -2.25. The fraction of sp³-hybridized carbons (Fsp3) is 0.167. The van der Waals surface area contributed by atoms with Crippen LogP contribution in [0.4, 0.5) is 11.4 Å². The van der Waals surface area contributed by atoms with Crippen molar-refractivity contribution in [3.63, 3.8) is 0 Å². The number of nitrogens with two attached hydrogens (primary N) is 1. The average Bonchev–Trinajstić information content (AvgIpc) is 2.88. The van der Waals surface area contributed by atoms with Gasteiger partial charge >= 0.3 is 0 Å². The van der Waals surface area contributed by atoms with Gasteiger partial charge in [-0.1, -0.05) is 5.16 Å². The van der Waals surface area contributed by atoms with E-state index in [4.69, 9.17) is 10.3 Å². The van der Waals surface area contributed by atoms with Gasteiger partial charge in [0.1, 0.15) is 6.26 Å². The molecule has 0 saturated heterocycles. The first-order valence-corrected chi connectivity index (χ1v) is 5.31. The van der Waals surface area contributed by atoms with Gasteiger partial charge in [-0.15, -0.1) is 0 Å². The molecule has 2 aromatic rings. The standard InChI is InChI=1S/C12H11N3O2/c13-10-1-2-11-9(3-10)4-12(16)15(11)6-8-5-14-17-7-8/h1-3,5,7H,4,6,13H2. The van der Waals surface area contributed by atoms with Crippen LogP contribution in [0.15, 0.2) is 35.2 Å². The second kappa shape index (κ2) is 3.62. The number of carbonyl (C=O) groups excluding carboxylic acids is 1. The number of nitrogen functional groups attached to an aromatic ring is 1. The number of fused-ring (bicyclic) bond motifs is 1. The third-order valence-corrected chi connectivity index (χ3v) is 2.86. The minimum atomic E-state index is 0.0757. The highest BCUT2D eigenvalue weighted by Crippen LogP contribution is 2.31. The molecule has 1 amide bonds. The Labute approximate surface area is 97.8 Å². The van der Waals surface area contributed by atoms with Crippen molar-refractivity contribution in [3.05, 3.63) is 41.8 Å². The summed E-state index contributed by atoms with van der Waals surface area (Å²) in [6.07, 6.45) is 3.57. The number of aromatic nitrogens is 1. The molecule has 86 valence electrons. The minimum absolute atomic E-state index is 0.0757. The summed E-state index contributed by atoms with van der Waals surface area (Å²) in [7, 11) is 0. The molecule has 3 rings (SSSR count). The van der Waals surface area contributed by atoms with Gasteiger partial charge in [0.15, 0.2) is 0 Å². The van der Waals surface area contributed by atoms with E-state index in [-0.39, 0.29) is 5.91 Å². The van der Waals surface area contributed by atoms with E-state index in [0.29, 0.717) is 18.7 Å². The molecule has 0 radical (unpaired) electrons. The molecule has 2 N–H and O–H groups in total. The number of hydrogen-bond acceptors (Lipinski definition) is 4. The topological polar surface area (TPSA) is 72.4 Å². The SMILES string of the molecule is Nc1ccc2c(c1)CC(=O)N2Cc1cnoc1. The van der Waals surface area contributed by atoms with Gasteiger partial charge in [-0.3, -0.25) is 4.79 Å². The Morgan fingerprint density at radius 3 is 3.12 bits per heavy atom. The normalized spacial score (nSPS) is 14.1. The van der Waals surface area contributed by atoms with Gasteiger partial charge in [0, 0.05) is 16.9 Å². The van der Waals surface area contributed by atoms with Crippen molar-refractivity contribution >= 4 is 17.3 Å². The van der Waals surface area contributed by atoms with Crippen LogP contribution in [0.3, 0.4) is 0 Å². The van der Waals surface area contributed by atoms with Crippen molar-refractivity contribution in [1.29, 1.82) is 0 Å². The molecule has 1 aromatic heterocycles. The number of carbonyl (C=O) groups is 1. The van der Waals surface area contributed by atoms with Crippen molar-refractivity contribution in [2.45, 2.75) is 13.0 Å². The van der Waals surface area contributed by atoms with Gasteiger partial charge in [-0.2, -0.15) is 0 Å². The largest absolute Gasteiger partial charge is 0.399 e. The molecule has 0 spiro atoms. The third kappa shape index (κ3) is 1.65. The highest BCUT2D eigenvalue weighted by molar-refractivity contribution is 6.01. The molecule has 1 aliphatic rings. The second-order valence-electron chi connectivity index (χ2n) is 4.08. The zero-order chi connectivity index (χ0) is 11.8. The fourth-order valence-corrected chi connectivity index (χ4v) is 2.06. The summed E-state index contributed by atoms with van der Waals surface area (Å²) in [5, 5.41) is 3.63. The molecular weight excluding hydrogens is 218 g/mol. The monoisotopic (exact) mass is 229 g/mol. The van der Waals surface area contributed by atoms with Crippen molar-refractivity contribution in [3.8, 4) is 0 Å². The van der Waals surface area contributed by atoms with E-state index in [9.17, 15) is 4.79 Å². The number of amides is 1. The molecule has 5 heteroatoms. The van der Waals surface area contributed by atoms with Crippen LogP contribution in [0, 0.1) is 0 Å². The summed E-state index contributed by atoms with van der Waals surface area (Å²) in [5.74, 6) is 0.0757. The van der Waals surface area contributed by atoms with Crippen LogP contribution in [0.5, 0.6) is 0 Å². The maximum absolute atomic E-state index is 11.9. The van der Waals surface area contributed by atoms with Crippen molar-refractivity contribution < 1.29 is 9.32 Å². The maximum atomic E-state index is 11.9. The maximum Gasteiger partial charge on any atom is 0.231 e. The molecule has 0 bridgehead atoms. The number of anilines is 2. The van der Waals surface area contributed by atoms with Crippen molar-refractivity contribution in [2.75, 3.05) is 10.6 Å². The van der Waals surface area contributed by atoms with Crippen LogP contribution in [0.2, 0.25) is 0 Å². The highest BCUT2D eigenvalue weighted by atomic mass is 16.5. The summed E-state index contributed by atoms with van der Waals surface area (Å²) >= 11 is 0. The van der Waals surface area contributed by atoms with Crippen LogP contribution >= 0.6 is 0 Å². The molecule has 1 aromatic carbocycles. The lowest BCUT2D eigenvalue weighted by atomic mass is 10.1. The Hall–Kier alpha value is -2.30. The van der Waals surface area contributed by atoms with E-state index in [1.165, 1.54) is 0 Å². The van der Waals surface area contributed by atoms with Gasteiger partial charge in [0.25, 0.3) is 0 Å². The van der Waals surface area contributed by atoms with Gasteiger partial charge in [-0.25, -0.2) is 0 Å². The first-order chi connectivity index (χ1) is 8.24. The van der Waals surface area contributed by atoms with Crippen molar-refractivity contribution in [2.24, 2.45) is 0 Å². The minimum Gasteiger partial charge on any atom is -0.399 e. The number of hydrogen-bond donors (Lipinski definition) is 1. The fourth-order valence-electron chi connectivity index (χ4n) is 2.06. The van der Waals surface area contributed by atoms with E-state index in [1.54, 1.807) is 23.4 Å². The lowest BCUT2D eigenvalue weighted by molar-refractivity contribution is -0.117. The Morgan fingerprint density at radius 2 is 2.35 bits per heavy atom. The lowest BCUT2D eigenvalue weighted by Gasteiger charge is -2.16. The summed E-state index contributed by atoms with van der Waals surface area (Å²) in [6, 6.07) is 5.53. The quantitative estimate of drug-likeness (QED) is 0.789. The summed E-state index contributed by atoms with van der Waals surface area (Å²) in [5.41, 5.74) is 9.16. The van der Waals surface area contributed by atoms with Crippen molar-refractivity contribution in [1.82, 2.24) is 5.16 Å². The molecule has 1 aliphatic heterocycles. The van der Waals surface area contributed by atoms with Crippen LogP contribution < -0.4 is 10.6 Å².